The van der Waals surface area contributed by atoms with Crippen LogP contribution < -0.4 is 0 Å². The molecule has 0 spiro atoms. The van der Waals surface area contributed by atoms with Gasteiger partial charge >= 0.3 is 0 Å². The van der Waals surface area contributed by atoms with E-state index in [1.807, 2.05) is 0 Å². The third kappa shape index (κ3) is 2.27. The van der Waals surface area contributed by atoms with E-state index in [9.17, 15) is 0 Å². The third-order valence-electron chi connectivity index (χ3n) is 5.62. The minimum absolute atomic E-state index is 0.201. The van der Waals surface area contributed by atoms with Gasteiger partial charge in [-0.2, -0.15) is 0 Å². The topological polar surface area (TPSA) is 0 Å². The lowest BCUT2D eigenvalue weighted by Crippen LogP contribution is -2.46. The highest BCUT2D eigenvalue weighted by molar-refractivity contribution is 9.12. The predicted octanol–water partition coefficient (Wildman–Crippen LogP) is 6.63. The molecular formula is C15H17Br2ClS. The first-order valence-corrected chi connectivity index (χ1v) is 10.0. The van der Waals surface area contributed by atoms with Crippen molar-refractivity contribution in [3.05, 3.63) is 19.2 Å². The monoisotopic (exact) mass is 422 g/mol. The van der Waals surface area contributed by atoms with E-state index in [1.165, 1.54) is 45.2 Å². The maximum absolute atomic E-state index is 6.92. The van der Waals surface area contributed by atoms with Crippen molar-refractivity contribution in [2.24, 2.45) is 29.6 Å². The summed E-state index contributed by atoms with van der Waals surface area (Å²) in [6.45, 7) is 0. The quantitative estimate of drug-likeness (QED) is 0.468. The van der Waals surface area contributed by atoms with Gasteiger partial charge in [-0.15, -0.1) is 22.9 Å². The standard InChI is InChI=1S/C15H17Br2ClS/c16-12-6-11(15(17)19-12)14(18)13-9-2-7-1-8(4-9)5-10(13)3-7/h6-10,13-14H,1-5H2. The molecule has 4 aliphatic carbocycles. The van der Waals surface area contributed by atoms with E-state index in [4.69, 9.17) is 11.6 Å². The van der Waals surface area contributed by atoms with E-state index < -0.39 is 0 Å². The molecule has 4 aliphatic rings. The van der Waals surface area contributed by atoms with E-state index >= 15 is 0 Å². The highest BCUT2D eigenvalue weighted by Gasteiger charge is 2.50. The van der Waals surface area contributed by atoms with Gasteiger partial charge in [-0.1, -0.05) is 0 Å². The molecular weight excluding hydrogens is 407 g/mol. The maximum Gasteiger partial charge on any atom is 0.0757 e. The molecule has 5 rings (SSSR count). The largest absolute Gasteiger partial charge is 0.121 e. The summed E-state index contributed by atoms with van der Waals surface area (Å²) in [7, 11) is 0. The zero-order chi connectivity index (χ0) is 13.1. The van der Waals surface area contributed by atoms with Gasteiger partial charge in [0.1, 0.15) is 0 Å². The number of hydrogen-bond donors (Lipinski definition) is 0. The van der Waals surface area contributed by atoms with Crippen LogP contribution in [0.15, 0.2) is 13.6 Å². The van der Waals surface area contributed by atoms with Crippen molar-refractivity contribution >= 4 is 54.8 Å². The Morgan fingerprint density at radius 2 is 1.63 bits per heavy atom. The molecule has 1 aromatic rings. The van der Waals surface area contributed by atoms with Crippen LogP contribution in [-0.2, 0) is 0 Å². The van der Waals surface area contributed by atoms with Crippen molar-refractivity contribution in [2.75, 3.05) is 0 Å². The molecule has 1 unspecified atom stereocenters. The van der Waals surface area contributed by atoms with E-state index in [2.05, 4.69) is 37.9 Å². The van der Waals surface area contributed by atoms with Gasteiger partial charge in [0.25, 0.3) is 0 Å². The highest BCUT2D eigenvalue weighted by atomic mass is 79.9. The van der Waals surface area contributed by atoms with Crippen LogP contribution in [0.5, 0.6) is 0 Å². The number of rotatable bonds is 2. The van der Waals surface area contributed by atoms with Crippen LogP contribution in [0, 0.1) is 29.6 Å². The predicted molar refractivity (Wildman–Crippen MR) is 88.8 cm³/mol. The van der Waals surface area contributed by atoms with Crippen molar-refractivity contribution in [1.82, 2.24) is 0 Å². The van der Waals surface area contributed by atoms with Gasteiger partial charge in [0.15, 0.2) is 0 Å². The molecule has 1 atom stereocenters. The molecule has 0 nitrogen and oxygen atoms in total. The van der Waals surface area contributed by atoms with Crippen LogP contribution in [0.25, 0.3) is 0 Å². The van der Waals surface area contributed by atoms with Crippen LogP contribution >= 0.6 is 54.8 Å². The van der Waals surface area contributed by atoms with Gasteiger partial charge in [0.05, 0.1) is 12.9 Å². The Labute approximate surface area is 140 Å². The molecule has 0 amide bonds. The van der Waals surface area contributed by atoms with Crippen LogP contribution in [0.2, 0.25) is 0 Å². The lowest BCUT2D eigenvalue weighted by molar-refractivity contribution is -0.0381. The van der Waals surface area contributed by atoms with Crippen molar-refractivity contribution in [3.63, 3.8) is 0 Å². The van der Waals surface area contributed by atoms with Gasteiger partial charge in [-0.3, -0.25) is 0 Å². The van der Waals surface area contributed by atoms with Crippen LogP contribution in [0.1, 0.15) is 43.0 Å². The molecule has 4 heteroatoms. The molecule has 4 bridgehead atoms. The minimum atomic E-state index is 0.201. The van der Waals surface area contributed by atoms with E-state index in [0.717, 1.165) is 23.7 Å². The lowest BCUT2D eigenvalue weighted by Gasteiger charge is -2.55. The average Bonchev–Trinajstić information content (AvgIpc) is 2.66. The van der Waals surface area contributed by atoms with Gasteiger partial charge in [-0.25, -0.2) is 0 Å². The molecule has 0 N–H and O–H groups in total. The summed E-state index contributed by atoms with van der Waals surface area (Å²) in [5, 5.41) is 0.201. The number of halogens is 3. The Kier molecular flexibility index (Phi) is 3.58. The Balaban J connectivity index is 1.63. The SMILES string of the molecule is ClC(c1cc(Br)sc1Br)C1C2CC3CC(C2)CC1C3. The second-order valence-corrected chi connectivity index (χ2v) is 10.9. The van der Waals surface area contributed by atoms with E-state index in [1.54, 1.807) is 11.3 Å². The Bertz CT molecular complexity index is 470. The molecule has 1 heterocycles. The van der Waals surface area contributed by atoms with Crippen molar-refractivity contribution in [3.8, 4) is 0 Å². The molecule has 0 saturated heterocycles. The molecule has 0 aliphatic heterocycles. The van der Waals surface area contributed by atoms with Crippen LogP contribution in [-0.4, -0.2) is 0 Å². The Morgan fingerprint density at radius 3 is 2.11 bits per heavy atom. The van der Waals surface area contributed by atoms with Crippen LogP contribution in [0.4, 0.5) is 0 Å². The molecule has 4 saturated carbocycles. The second kappa shape index (κ2) is 5.00. The first-order valence-electron chi connectivity index (χ1n) is 7.20. The molecule has 1 aromatic heterocycles. The lowest BCUT2D eigenvalue weighted by atomic mass is 9.51. The second-order valence-electron chi connectivity index (χ2n) is 6.69. The number of hydrogen-bond acceptors (Lipinski definition) is 1. The summed E-state index contributed by atoms with van der Waals surface area (Å²) in [5.41, 5.74) is 1.32. The first-order chi connectivity index (χ1) is 9.11. The van der Waals surface area contributed by atoms with Gasteiger partial charge in [-0.05, 0) is 105 Å². The Hall–Kier alpha value is 0.950. The van der Waals surface area contributed by atoms with Crippen molar-refractivity contribution < 1.29 is 0 Å². The van der Waals surface area contributed by atoms with Gasteiger partial charge in [0, 0.05) is 0 Å². The summed E-state index contributed by atoms with van der Waals surface area (Å²) in [5.74, 6) is 4.56. The average molecular weight is 425 g/mol. The van der Waals surface area contributed by atoms with E-state index in [-0.39, 0.29) is 5.38 Å². The molecule has 19 heavy (non-hydrogen) atoms. The normalized spacial score (nSPS) is 41.7. The zero-order valence-corrected chi connectivity index (χ0v) is 15.4. The first kappa shape index (κ1) is 13.6. The highest BCUT2D eigenvalue weighted by Crippen LogP contribution is 2.61. The van der Waals surface area contributed by atoms with Crippen LogP contribution in [0.3, 0.4) is 0 Å². The molecule has 0 radical (unpaired) electrons. The minimum Gasteiger partial charge on any atom is -0.121 e. The summed E-state index contributed by atoms with van der Waals surface area (Å²) < 4.78 is 2.40. The Morgan fingerprint density at radius 1 is 1.05 bits per heavy atom. The number of thiophene rings is 1. The third-order valence-corrected chi connectivity index (χ3v) is 8.53. The van der Waals surface area contributed by atoms with Gasteiger partial charge in [0.2, 0.25) is 0 Å². The number of alkyl halides is 1. The van der Waals surface area contributed by atoms with Crippen molar-refractivity contribution in [2.45, 2.75) is 37.5 Å². The maximum atomic E-state index is 6.92. The molecule has 0 aromatic carbocycles. The van der Waals surface area contributed by atoms with Gasteiger partial charge < -0.3 is 0 Å². The van der Waals surface area contributed by atoms with E-state index in [0.29, 0.717) is 5.92 Å². The summed E-state index contributed by atoms with van der Waals surface area (Å²) >= 11 is 15.9. The summed E-state index contributed by atoms with van der Waals surface area (Å²) in [4.78, 5) is 0. The van der Waals surface area contributed by atoms with Crippen molar-refractivity contribution in [1.29, 1.82) is 0 Å². The fourth-order valence-corrected chi connectivity index (χ4v) is 8.90. The molecule has 104 valence electrons. The molecule has 4 fully saturated rings. The smallest absolute Gasteiger partial charge is 0.0757 e. The summed E-state index contributed by atoms with van der Waals surface area (Å²) in [6.07, 6.45) is 7.31. The summed E-state index contributed by atoms with van der Waals surface area (Å²) in [6, 6.07) is 2.22. The fourth-order valence-electron chi connectivity index (χ4n) is 5.19. The zero-order valence-electron chi connectivity index (χ0n) is 10.6. The fraction of sp³-hybridized carbons (Fsp3) is 0.733.